The van der Waals surface area contributed by atoms with E-state index >= 15 is 0 Å². The zero-order chi connectivity index (χ0) is 14.0. The summed E-state index contributed by atoms with van der Waals surface area (Å²) in [5, 5.41) is 3.27. The van der Waals surface area contributed by atoms with Gasteiger partial charge in [0.2, 0.25) is 5.91 Å². The lowest BCUT2D eigenvalue weighted by Crippen LogP contribution is -2.34. The molecule has 0 radical (unpaired) electrons. The van der Waals surface area contributed by atoms with Gasteiger partial charge in [0.25, 0.3) is 0 Å². The molecule has 4 heteroatoms. The van der Waals surface area contributed by atoms with E-state index in [0.29, 0.717) is 12.1 Å². The first-order valence-electron chi connectivity index (χ1n) is 6.87. The Hall–Kier alpha value is -1.42. The highest BCUT2D eigenvalue weighted by Crippen LogP contribution is 2.29. The summed E-state index contributed by atoms with van der Waals surface area (Å²) in [6.45, 7) is 6.68. The molecular formula is C15H21FN2O. The molecule has 2 unspecified atom stereocenters. The van der Waals surface area contributed by atoms with Crippen molar-refractivity contribution in [2.75, 3.05) is 6.54 Å². The molecule has 0 aromatic heterocycles. The Bertz CT molecular complexity index is 461. The third kappa shape index (κ3) is 2.63. The van der Waals surface area contributed by atoms with Crippen molar-refractivity contribution in [3.8, 4) is 0 Å². The van der Waals surface area contributed by atoms with Crippen LogP contribution in [-0.2, 0) is 4.79 Å². The number of halogens is 1. The van der Waals surface area contributed by atoms with Gasteiger partial charge < -0.3 is 4.90 Å². The van der Waals surface area contributed by atoms with Gasteiger partial charge in [0.05, 0.1) is 6.04 Å². The van der Waals surface area contributed by atoms with Crippen molar-refractivity contribution in [1.82, 2.24) is 10.2 Å². The smallest absolute Gasteiger partial charge is 0.241 e. The van der Waals surface area contributed by atoms with E-state index in [1.54, 1.807) is 23.1 Å². The minimum Gasteiger partial charge on any atom is -0.321 e. The van der Waals surface area contributed by atoms with Crippen LogP contribution in [0.5, 0.6) is 0 Å². The molecule has 104 valence electrons. The fourth-order valence-corrected chi connectivity index (χ4v) is 2.55. The lowest BCUT2D eigenvalue weighted by atomic mass is 10.1. The van der Waals surface area contributed by atoms with Gasteiger partial charge in [0.1, 0.15) is 12.0 Å². The number of amides is 1. The molecule has 0 spiro atoms. The highest BCUT2D eigenvalue weighted by atomic mass is 19.1. The number of rotatable bonds is 4. The molecule has 1 fully saturated rings. The van der Waals surface area contributed by atoms with E-state index in [-0.39, 0.29) is 29.8 Å². The van der Waals surface area contributed by atoms with Crippen molar-refractivity contribution in [3.05, 3.63) is 35.6 Å². The Labute approximate surface area is 113 Å². The Morgan fingerprint density at radius 1 is 1.37 bits per heavy atom. The van der Waals surface area contributed by atoms with E-state index in [2.05, 4.69) is 5.32 Å². The summed E-state index contributed by atoms with van der Waals surface area (Å²) >= 11 is 0. The maximum Gasteiger partial charge on any atom is 0.241 e. The molecule has 2 rings (SSSR count). The van der Waals surface area contributed by atoms with Crippen LogP contribution in [0, 0.1) is 11.7 Å². The average Bonchev–Trinajstić information content (AvgIpc) is 2.69. The molecule has 1 aromatic carbocycles. The number of nitrogens with one attached hydrogen (secondary N) is 1. The SMILES string of the molecule is CCCN1C(=O)C(C(C)C)NC1c1ccccc1F. The first kappa shape index (κ1) is 14.0. The van der Waals surface area contributed by atoms with Crippen LogP contribution in [0.1, 0.15) is 38.9 Å². The lowest BCUT2D eigenvalue weighted by molar-refractivity contribution is -0.130. The Morgan fingerprint density at radius 3 is 2.63 bits per heavy atom. The standard InChI is InChI=1S/C15H21FN2O/c1-4-9-18-14(11-7-5-6-8-12(11)16)17-13(10(2)3)15(18)19/h5-8,10,13-14,17H,4,9H2,1-3H3. The van der Waals surface area contributed by atoms with Gasteiger partial charge in [-0.2, -0.15) is 0 Å². The van der Waals surface area contributed by atoms with Gasteiger partial charge in [-0.3, -0.25) is 10.1 Å². The Balaban J connectivity index is 2.33. The Morgan fingerprint density at radius 2 is 2.05 bits per heavy atom. The fourth-order valence-electron chi connectivity index (χ4n) is 2.55. The number of carbonyl (C=O) groups is 1. The van der Waals surface area contributed by atoms with Gasteiger partial charge in [-0.1, -0.05) is 39.0 Å². The molecule has 0 saturated carbocycles. The van der Waals surface area contributed by atoms with Crippen LogP contribution >= 0.6 is 0 Å². The zero-order valence-corrected chi connectivity index (χ0v) is 11.7. The number of benzene rings is 1. The van der Waals surface area contributed by atoms with Crippen LogP contribution in [0.2, 0.25) is 0 Å². The maximum atomic E-state index is 13.9. The topological polar surface area (TPSA) is 32.3 Å². The monoisotopic (exact) mass is 264 g/mol. The fraction of sp³-hybridized carbons (Fsp3) is 0.533. The zero-order valence-electron chi connectivity index (χ0n) is 11.7. The van der Waals surface area contributed by atoms with Gasteiger partial charge in [0, 0.05) is 12.1 Å². The van der Waals surface area contributed by atoms with Crippen LogP contribution in [0.4, 0.5) is 4.39 Å². The molecule has 1 amide bonds. The molecule has 1 heterocycles. The van der Waals surface area contributed by atoms with Gasteiger partial charge in [0.15, 0.2) is 0 Å². The minimum atomic E-state index is -0.346. The van der Waals surface area contributed by atoms with Crippen molar-refractivity contribution in [3.63, 3.8) is 0 Å². The first-order chi connectivity index (χ1) is 9.06. The summed E-state index contributed by atoms with van der Waals surface area (Å²) < 4.78 is 13.9. The predicted octanol–water partition coefficient (Wildman–Crippen LogP) is 2.69. The van der Waals surface area contributed by atoms with E-state index < -0.39 is 0 Å². The van der Waals surface area contributed by atoms with E-state index in [0.717, 1.165) is 6.42 Å². The van der Waals surface area contributed by atoms with Crippen LogP contribution < -0.4 is 5.32 Å². The van der Waals surface area contributed by atoms with E-state index in [4.69, 9.17) is 0 Å². The number of hydrogen-bond donors (Lipinski definition) is 1. The van der Waals surface area contributed by atoms with Crippen LogP contribution in [-0.4, -0.2) is 23.4 Å². The van der Waals surface area contributed by atoms with Crippen molar-refractivity contribution < 1.29 is 9.18 Å². The summed E-state index contributed by atoms with van der Waals surface area (Å²) in [5.74, 6) is 0.00652. The molecule has 1 aromatic rings. The van der Waals surface area contributed by atoms with Crippen LogP contribution in [0.3, 0.4) is 0 Å². The summed E-state index contributed by atoms with van der Waals surface area (Å²) in [7, 11) is 0. The normalized spacial score (nSPS) is 23.4. The van der Waals surface area contributed by atoms with Gasteiger partial charge in [-0.15, -0.1) is 0 Å². The van der Waals surface area contributed by atoms with E-state index in [1.165, 1.54) is 6.07 Å². The van der Waals surface area contributed by atoms with E-state index in [9.17, 15) is 9.18 Å². The molecule has 3 nitrogen and oxygen atoms in total. The Kier molecular flexibility index (Phi) is 4.20. The van der Waals surface area contributed by atoms with Gasteiger partial charge >= 0.3 is 0 Å². The molecule has 1 aliphatic rings. The molecule has 2 atom stereocenters. The molecule has 1 N–H and O–H groups in total. The second-order valence-electron chi connectivity index (χ2n) is 5.34. The van der Waals surface area contributed by atoms with E-state index in [1.807, 2.05) is 20.8 Å². The molecule has 1 aliphatic heterocycles. The first-order valence-corrected chi connectivity index (χ1v) is 6.87. The molecule has 1 saturated heterocycles. The van der Waals surface area contributed by atoms with Gasteiger partial charge in [-0.05, 0) is 18.4 Å². The summed E-state index contributed by atoms with van der Waals surface area (Å²) in [5.41, 5.74) is 0.549. The predicted molar refractivity (Wildman–Crippen MR) is 72.9 cm³/mol. The number of carbonyl (C=O) groups excluding carboxylic acids is 1. The summed E-state index contributed by atoms with van der Waals surface area (Å²) in [6, 6.07) is 6.42. The number of hydrogen-bond acceptors (Lipinski definition) is 2. The maximum absolute atomic E-state index is 13.9. The van der Waals surface area contributed by atoms with Crippen molar-refractivity contribution >= 4 is 5.91 Å². The summed E-state index contributed by atoms with van der Waals surface area (Å²) in [4.78, 5) is 14.1. The summed E-state index contributed by atoms with van der Waals surface area (Å²) in [6.07, 6.45) is 0.518. The average molecular weight is 264 g/mol. The second-order valence-corrected chi connectivity index (χ2v) is 5.34. The largest absolute Gasteiger partial charge is 0.321 e. The van der Waals surface area contributed by atoms with Crippen molar-refractivity contribution in [2.45, 2.75) is 39.4 Å². The van der Waals surface area contributed by atoms with Crippen LogP contribution in [0.25, 0.3) is 0 Å². The minimum absolute atomic E-state index is 0.0742. The van der Waals surface area contributed by atoms with Gasteiger partial charge in [-0.25, -0.2) is 4.39 Å². The highest BCUT2D eigenvalue weighted by molar-refractivity contribution is 5.84. The van der Waals surface area contributed by atoms with Crippen molar-refractivity contribution in [1.29, 1.82) is 0 Å². The number of nitrogens with zero attached hydrogens (tertiary/aromatic N) is 1. The quantitative estimate of drug-likeness (QED) is 0.907. The molecule has 19 heavy (non-hydrogen) atoms. The lowest BCUT2D eigenvalue weighted by Gasteiger charge is -2.24. The van der Waals surface area contributed by atoms with Crippen molar-refractivity contribution in [2.24, 2.45) is 5.92 Å². The molecule has 0 aliphatic carbocycles. The molecule has 0 bridgehead atoms. The third-order valence-electron chi connectivity index (χ3n) is 3.53. The second kappa shape index (κ2) is 5.70. The molecular weight excluding hydrogens is 243 g/mol. The van der Waals surface area contributed by atoms with Crippen LogP contribution in [0.15, 0.2) is 24.3 Å². The third-order valence-corrected chi connectivity index (χ3v) is 3.53. The highest BCUT2D eigenvalue weighted by Gasteiger charge is 2.41.